The van der Waals surface area contributed by atoms with Crippen molar-refractivity contribution in [3.05, 3.63) is 52.5 Å². The van der Waals surface area contributed by atoms with Crippen LogP contribution in [0.1, 0.15) is 5.56 Å². The number of sulfonamides is 1. The van der Waals surface area contributed by atoms with E-state index in [0.29, 0.717) is 23.8 Å². The van der Waals surface area contributed by atoms with Crippen LogP contribution >= 0.6 is 15.9 Å². The number of rotatable bonds is 6. The van der Waals surface area contributed by atoms with E-state index in [-0.39, 0.29) is 19.2 Å². The summed E-state index contributed by atoms with van der Waals surface area (Å²) in [5.41, 5.74) is 1.31. The highest BCUT2D eigenvalue weighted by Gasteiger charge is 2.24. The van der Waals surface area contributed by atoms with Gasteiger partial charge in [-0.1, -0.05) is 28.1 Å². The standard InChI is InChI=1S/C19H21BrN2O5S/c1-13-9-14(7-8-16(13)20)22(28(2,24)25)11-19(23)21-10-15-12-26-17-5-3-4-6-18(17)27-15/h3-9,15H,10-12H2,1-2H3,(H,21,23). The van der Waals surface area contributed by atoms with E-state index in [2.05, 4.69) is 21.2 Å². The zero-order chi connectivity index (χ0) is 20.3. The summed E-state index contributed by atoms with van der Waals surface area (Å²) in [6.07, 6.45) is 0.729. The number of nitrogens with one attached hydrogen (secondary N) is 1. The van der Waals surface area contributed by atoms with Crippen LogP contribution in [-0.4, -0.2) is 46.4 Å². The van der Waals surface area contributed by atoms with Crippen molar-refractivity contribution < 1.29 is 22.7 Å². The second kappa shape index (κ2) is 8.40. The van der Waals surface area contributed by atoms with Gasteiger partial charge < -0.3 is 14.8 Å². The first kappa shape index (κ1) is 20.5. The fraction of sp³-hybridized carbons (Fsp3) is 0.316. The van der Waals surface area contributed by atoms with Crippen molar-refractivity contribution in [1.82, 2.24) is 5.32 Å². The van der Waals surface area contributed by atoms with Crippen molar-refractivity contribution in [2.45, 2.75) is 13.0 Å². The Balaban J connectivity index is 1.62. The minimum Gasteiger partial charge on any atom is -0.486 e. The Morgan fingerprint density at radius 2 is 1.96 bits per heavy atom. The molecule has 0 fully saturated rings. The molecule has 28 heavy (non-hydrogen) atoms. The lowest BCUT2D eigenvalue weighted by Crippen LogP contribution is -2.45. The highest BCUT2D eigenvalue weighted by molar-refractivity contribution is 9.10. The summed E-state index contributed by atoms with van der Waals surface area (Å²) >= 11 is 3.39. The van der Waals surface area contributed by atoms with Crippen molar-refractivity contribution >= 4 is 37.5 Å². The van der Waals surface area contributed by atoms with E-state index in [0.717, 1.165) is 20.6 Å². The number of benzene rings is 2. The summed E-state index contributed by atoms with van der Waals surface area (Å²) in [6, 6.07) is 12.4. The number of halogens is 1. The maximum absolute atomic E-state index is 12.4. The van der Waals surface area contributed by atoms with Crippen LogP contribution in [0.3, 0.4) is 0 Å². The summed E-state index contributed by atoms with van der Waals surface area (Å²) in [6.45, 7) is 2.06. The summed E-state index contributed by atoms with van der Waals surface area (Å²) in [4.78, 5) is 12.4. The Morgan fingerprint density at radius 1 is 1.25 bits per heavy atom. The number of fused-ring (bicyclic) bond motifs is 1. The zero-order valence-electron chi connectivity index (χ0n) is 15.5. The third kappa shape index (κ3) is 4.96. The van der Waals surface area contributed by atoms with E-state index in [1.165, 1.54) is 0 Å². The lowest BCUT2D eigenvalue weighted by molar-refractivity contribution is -0.120. The Morgan fingerprint density at radius 3 is 2.64 bits per heavy atom. The first-order valence-electron chi connectivity index (χ1n) is 8.63. The van der Waals surface area contributed by atoms with Crippen LogP contribution in [0, 0.1) is 6.92 Å². The lowest BCUT2D eigenvalue weighted by Gasteiger charge is -2.27. The Hall–Kier alpha value is -2.26. The molecular weight excluding hydrogens is 448 g/mol. The largest absolute Gasteiger partial charge is 0.486 e. The van der Waals surface area contributed by atoms with E-state index < -0.39 is 15.9 Å². The number of aryl methyl sites for hydroxylation is 1. The molecule has 1 heterocycles. The number of anilines is 1. The predicted octanol–water partition coefficient (Wildman–Crippen LogP) is 2.48. The van der Waals surface area contributed by atoms with Crippen LogP contribution in [0.2, 0.25) is 0 Å². The molecule has 150 valence electrons. The minimum atomic E-state index is -3.62. The molecule has 1 atom stereocenters. The zero-order valence-corrected chi connectivity index (χ0v) is 17.9. The van der Waals surface area contributed by atoms with Crippen molar-refractivity contribution in [3.8, 4) is 11.5 Å². The Kier molecular flexibility index (Phi) is 6.14. The van der Waals surface area contributed by atoms with Gasteiger partial charge >= 0.3 is 0 Å². The molecule has 1 aliphatic rings. The van der Waals surface area contributed by atoms with Crippen molar-refractivity contribution in [3.63, 3.8) is 0 Å². The molecule has 2 aromatic carbocycles. The van der Waals surface area contributed by atoms with Crippen molar-refractivity contribution in [2.24, 2.45) is 0 Å². The van der Waals surface area contributed by atoms with Crippen molar-refractivity contribution in [2.75, 3.05) is 30.3 Å². The number of ether oxygens (including phenoxy) is 2. The maximum Gasteiger partial charge on any atom is 0.240 e. The van der Waals surface area contributed by atoms with E-state index in [1.807, 2.05) is 25.1 Å². The first-order chi connectivity index (χ1) is 13.2. The molecule has 0 bridgehead atoms. The van der Waals surface area contributed by atoms with Crippen LogP contribution in [-0.2, 0) is 14.8 Å². The summed E-state index contributed by atoms with van der Waals surface area (Å²) in [5.74, 6) is 0.864. The fourth-order valence-corrected chi connectivity index (χ4v) is 3.86. The van der Waals surface area contributed by atoms with Gasteiger partial charge in [0.15, 0.2) is 11.5 Å². The second-order valence-electron chi connectivity index (χ2n) is 6.50. The van der Waals surface area contributed by atoms with Gasteiger partial charge in [0.05, 0.1) is 18.5 Å². The molecule has 0 saturated carbocycles. The SMILES string of the molecule is Cc1cc(N(CC(=O)NCC2COc3ccccc3O2)S(C)(=O)=O)ccc1Br. The van der Waals surface area contributed by atoms with Gasteiger partial charge in [-0.05, 0) is 42.8 Å². The number of amides is 1. The molecule has 3 rings (SSSR count). The smallest absolute Gasteiger partial charge is 0.240 e. The molecule has 0 spiro atoms. The molecule has 7 nitrogen and oxygen atoms in total. The van der Waals surface area contributed by atoms with Gasteiger partial charge in [0.25, 0.3) is 0 Å². The molecule has 1 N–H and O–H groups in total. The van der Waals surface area contributed by atoms with E-state index in [4.69, 9.17) is 9.47 Å². The topological polar surface area (TPSA) is 84.9 Å². The average Bonchev–Trinajstić information content (AvgIpc) is 2.65. The molecule has 0 radical (unpaired) electrons. The normalized spacial score (nSPS) is 15.8. The van der Waals surface area contributed by atoms with E-state index in [1.54, 1.807) is 24.3 Å². The van der Waals surface area contributed by atoms with Gasteiger partial charge in [-0.2, -0.15) is 0 Å². The predicted molar refractivity (Wildman–Crippen MR) is 110 cm³/mol. The number of hydrogen-bond donors (Lipinski definition) is 1. The highest BCUT2D eigenvalue weighted by Crippen LogP contribution is 2.30. The molecule has 1 amide bonds. The molecule has 9 heteroatoms. The van der Waals surface area contributed by atoms with Gasteiger partial charge in [-0.15, -0.1) is 0 Å². The van der Waals surface area contributed by atoms with Crippen LogP contribution in [0.15, 0.2) is 46.9 Å². The quantitative estimate of drug-likeness (QED) is 0.703. The molecular formula is C19H21BrN2O5S. The molecule has 1 aliphatic heterocycles. The van der Waals surface area contributed by atoms with Crippen molar-refractivity contribution in [1.29, 1.82) is 0 Å². The van der Waals surface area contributed by atoms with Gasteiger partial charge in [0.2, 0.25) is 15.9 Å². The Bertz CT molecular complexity index is 980. The molecule has 0 aliphatic carbocycles. The maximum atomic E-state index is 12.4. The highest BCUT2D eigenvalue weighted by atomic mass is 79.9. The van der Waals surface area contributed by atoms with Gasteiger partial charge in [-0.25, -0.2) is 8.42 Å². The molecule has 1 unspecified atom stereocenters. The third-order valence-corrected chi connectivity index (χ3v) is 6.24. The lowest BCUT2D eigenvalue weighted by atomic mass is 10.2. The summed E-state index contributed by atoms with van der Waals surface area (Å²) in [7, 11) is -3.62. The number of para-hydroxylation sites is 2. The van der Waals surface area contributed by atoms with Crippen LogP contribution in [0.25, 0.3) is 0 Å². The monoisotopic (exact) mass is 468 g/mol. The molecule has 0 aromatic heterocycles. The summed E-state index contributed by atoms with van der Waals surface area (Å²) in [5, 5.41) is 2.72. The minimum absolute atomic E-state index is 0.212. The van der Waals surface area contributed by atoms with Crippen LogP contribution < -0.4 is 19.1 Å². The average molecular weight is 469 g/mol. The van der Waals surface area contributed by atoms with Gasteiger partial charge in [-0.3, -0.25) is 9.10 Å². The molecule has 2 aromatic rings. The van der Waals surface area contributed by atoms with E-state index in [9.17, 15) is 13.2 Å². The number of carbonyl (C=O) groups is 1. The molecule has 0 saturated heterocycles. The van der Waals surface area contributed by atoms with E-state index >= 15 is 0 Å². The van der Waals surface area contributed by atoms with Gasteiger partial charge in [0, 0.05) is 4.47 Å². The van der Waals surface area contributed by atoms with Crippen LogP contribution in [0.5, 0.6) is 11.5 Å². The number of nitrogens with zero attached hydrogens (tertiary/aromatic N) is 1. The Labute approximate surface area is 172 Å². The summed E-state index contributed by atoms with van der Waals surface area (Å²) < 4.78 is 37.7. The number of hydrogen-bond acceptors (Lipinski definition) is 5. The first-order valence-corrected chi connectivity index (χ1v) is 11.3. The van der Waals surface area contributed by atoms with Gasteiger partial charge in [0.1, 0.15) is 19.3 Å². The fourth-order valence-electron chi connectivity index (χ4n) is 2.76. The van der Waals surface area contributed by atoms with Crippen LogP contribution in [0.4, 0.5) is 5.69 Å². The third-order valence-electron chi connectivity index (χ3n) is 4.21. The second-order valence-corrected chi connectivity index (χ2v) is 9.27. The number of carbonyl (C=O) groups excluding carboxylic acids is 1.